The Morgan fingerprint density at radius 3 is 2.37 bits per heavy atom. The summed E-state index contributed by atoms with van der Waals surface area (Å²) in [6.45, 7) is 0. The second kappa shape index (κ2) is 7.67. The van der Waals surface area contributed by atoms with Crippen LogP contribution in [0.5, 0.6) is 17.2 Å². The molecule has 0 saturated heterocycles. The Balaban J connectivity index is 1.81. The fourth-order valence-electron chi connectivity index (χ4n) is 3.15. The number of hydrogen-bond donors (Lipinski definition) is 3. The van der Waals surface area contributed by atoms with Gasteiger partial charge in [-0.1, -0.05) is 18.2 Å². The van der Waals surface area contributed by atoms with E-state index in [0.29, 0.717) is 24.3 Å². The topological polar surface area (TPSA) is 105 Å². The van der Waals surface area contributed by atoms with Crippen molar-refractivity contribution in [2.24, 2.45) is 0 Å². The fraction of sp³-hybridized carbons (Fsp3) is 0.300. The van der Waals surface area contributed by atoms with Crippen LogP contribution in [-0.4, -0.2) is 40.8 Å². The largest absolute Gasteiger partial charge is 0.507 e. The highest BCUT2D eigenvalue weighted by atomic mass is 16.5. The summed E-state index contributed by atoms with van der Waals surface area (Å²) in [6.07, 6.45) is 1.92. The minimum absolute atomic E-state index is 0.0692. The molecule has 0 spiro atoms. The molecule has 1 unspecified atom stereocenters. The first-order valence-electron chi connectivity index (χ1n) is 8.60. The van der Waals surface area contributed by atoms with Gasteiger partial charge < -0.3 is 25.0 Å². The third-order valence-electron chi connectivity index (χ3n) is 4.85. The highest BCUT2D eigenvalue weighted by Crippen LogP contribution is 2.38. The third kappa shape index (κ3) is 3.88. The normalized spacial score (nSPS) is 16.0. The number of aromatic hydroxyl groups is 1. The van der Waals surface area contributed by atoms with Crippen LogP contribution in [0, 0.1) is 0 Å². The number of phenols is 1. The van der Waals surface area contributed by atoms with E-state index in [4.69, 9.17) is 9.47 Å². The molecule has 0 bridgehead atoms. The van der Waals surface area contributed by atoms with E-state index in [1.165, 1.54) is 25.3 Å². The van der Waals surface area contributed by atoms with Crippen LogP contribution in [0.4, 0.5) is 0 Å². The Morgan fingerprint density at radius 1 is 1.11 bits per heavy atom. The Hall–Kier alpha value is -3.06. The number of nitrogens with one attached hydrogen (secondary N) is 1. The predicted octanol–water partition coefficient (Wildman–Crippen LogP) is 2.94. The Kier molecular flexibility index (Phi) is 5.32. The van der Waals surface area contributed by atoms with E-state index in [-0.39, 0.29) is 11.3 Å². The molecule has 3 N–H and O–H groups in total. The van der Waals surface area contributed by atoms with Gasteiger partial charge in [0.2, 0.25) is 0 Å². The number of carbonyl (C=O) groups is 2. The van der Waals surface area contributed by atoms with Crippen LogP contribution in [0.2, 0.25) is 0 Å². The molecular weight excluding hydrogens is 350 g/mol. The van der Waals surface area contributed by atoms with Crippen molar-refractivity contribution in [1.82, 2.24) is 5.32 Å². The van der Waals surface area contributed by atoms with Gasteiger partial charge in [0.1, 0.15) is 17.2 Å². The molecule has 1 aliphatic rings. The standard InChI is InChI=1S/C20H21NO6/c1-26-20(10-5-11-20)17(19(24)25)21-18(23)15-12-14(8-9-16(15)22)27-13-6-3-2-4-7-13/h2-4,6-9,12,17,22H,5,10-11H2,1H3,(H,21,23)(H,24,25). The average Bonchev–Trinajstić information content (AvgIpc) is 2.62. The van der Waals surface area contributed by atoms with Gasteiger partial charge in [-0.25, -0.2) is 4.79 Å². The first kappa shape index (κ1) is 18.7. The Morgan fingerprint density at radius 2 is 1.81 bits per heavy atom. The van der Waals surface area contributed by atoms with Crippen LogP contribution < -0.4 is 10.1 Å². The third-order valence-corrected chi connectivity index (χ3v) is 4.85. The average molecular weight is 371 g/mol. The SMILES string of the molecule is COC1(C(NC(=O)c2cc(Oc3ccccc3)ccc2O)C(=O)O)CCC1. The van der Waals surface area contributed by atoms with Crippen LogP contribution in [0.3, 0.4) is 0 Å². The molecule has 7 heteroatoms. The first-order valence-corrected chi connectivity index (χ1v) is 8.60. The summed E-state index contributed by atoms with van der Waals surface area (Å²) in [4.78, 5) is 24.3. The van der Waals surface area contributed by atoms with Gasteiger partial charge in [-0.2, -0.15) is 0 Å². The lowest BCUT2D eigenvalue weighted by Gasteiger charge is -2.44. The van der Waals surface area contributed by atoms with Gasteiger partial charge in [0.05, 0.1) is 11.2 Å². The van der Waals surface area contributed by atoms with Gasteiger partial charge in [-0.15, -0.1) is 0 Å². The van der Waals surface area contributed by atoms with Gasteiger partial charge in [0.15, 0.2) is 6.04 Å². The second-order valence-electron chi connectivity index (χ2n) is 6.46. The second-order valence-corrected chi connectivity index (χ2v) is 6.46. The zero-order valence-electron chi connectivity index (χ0n) is 14.8. The lowest BCUT2D eigenvalue weighted by Crippen LogP contribution is -2.61. The van der Waals surface area contributed by atoms with E-state index in [2.05, 4.69) is 5.32 Å². The van der Waals surface area contributed by atoms with E-state index >= 15 is 0 Å². The molecule has 7 nitrogen and oxygen atoms in total. The van der Waals surface area contributed by atoms with Crippen LogP contribution >= 0.6 is 0 Å². The van der Waals surface area contributed by atoms with Crippen molar-refractivity contribution in [2.75, 3.05) is 7.11 Å². The maximum Gasteiger partial charge on any atom is 0.329 e. The van der Waals surface area contributed by atoms with E-state index in [9.17, 15) is 19.8 Å². The monoisotopic (exact) mass is 371 g/mol. The number of para-hydroxylation sites is 1. The number of carboxylic acid groups (broad SMARTS) is 1. The molecule has 1 saturated carbocycles. The molecule has 1 fully saturated rings. The van der Waals surface area contributed by atoms with E-state index in [1.54, 1.807) is 12.1 Å². The molecule has 2 aromatic carbocycles. The number of hydrogen-bond acceptors (Lipinski definition) is 5. The van der Waals surface area contributed by atoms with Crippen molar-refractivity contribution in [3.8, 4) is 17.2 Å². The van der Waals surface area contributed by atoms with Crippen molar-refractivity contribution in [3.63, 3.8) is 0 Å². The van der Waals surface area contributed by atoms with Crippen LogP contribution in [0.1, 0.15) is 29.6 Å². The molecule has 0 aliphatic heterocycles. The lowest BCUT2D eigenvalue weighted by molar-refractivity contribution is -0.157. The molecule has 3 rings (SSSR count). The molecule has 142 valence electrons. The Bertz CT molecular complexity index is 826. The van der Waals surface area contributed by atoms with Gasteiger partial charge in [0.25, 0.3) is 5.91 Å². The number of benzene rings is 2. The molecule has 27 heavy (non-hydrogen) atoms. The highest BCUT2D eigenvalue weighted by Gasteiger charge is 2.49. The molecule has 1 atom stereocenters. The van der Waals surface area contributed by atoms with Crippen molar-refractivity contribution < 1.29 is 29.3 Å². The zero-order valence-corrected chi connectivity index (χ0v) is 14.8. The number of rotatable bonds is 7. The van der Waals surface area contributed by atoms with E-state index in [0.717, 1.165) is 6.42 Å². The number of aliphatic carboxylic acids is 1. The summed E-state index contributed by atoms with van der Waals surface area (Å²) in [5.41, 5.74) is -0.991. The fourth-order valence-corrected chi connectivity index (χ4v) is 3.15. The molecular formula is C20H21NO6. The van der Waals surface area contributed by atoms with Crippen LogP contribution in [0.15, 0.2) is 48.5 Å². The van der Waals surface area contributed by atoms with Gasteiger partial charge in [0, 0.05) is 7.11 Å². The predicted molar refractivity (Wildman–Crippen MR) is 97.1 cm³/mol. The molecule has 2 aromatic rings. The number of methoxy groups -OCH3 is 1. The van der Waals surface area contributed by atoms with Gasteiger partial charge in [-0.05, 0) is 49.6 Å². The first-order chi connectivity index (χ1) is 12.9. The van der Waals surface area contributed by atoms with Crippen LogP contribution in [-0.2, 0) is 9.53 Å². The summed E-state index contributed by atoms with van der Waals surface area (Å²) < 4.78 is 11.0. The minimum Gasteiger partial charge on any atom is -0.507 e. The summed E-state index contributed by atoms with van der Waals surface area (Å²) in [5.74, 6) is -1.23. The summed E-state index contributed by atoms with van der Waals surface area (Å²) in [7, 11) is 1.44. The molecule has 1 amide bonds. The zero-order chi connectivity index (χ0) is 19.4. The van der Waals surface area contributed by atoms with Crippen molar-refractivity contribution >= 4 is 11.9 Å². The number of carbonyl (C=O) groups excluding carboxylic acids is 1. The van der Waals surface area contributed by atoms with E-state index in [1.807, 2.05) is 18.2 Å². The van der Waals surface area contributed by atoms with Crippen molar-refractivity contribution in [3.05, 3.63) is 54.1 Å². The van der Waals surface area contributed by atoms with Crippen LogP contribution in [0.25, 0.3) is 0 Å². The summed E-state index contributed by atoms with van der Waals surface area (Å²) >= 11 is 0. The number of ether oxygens (including phenoxy) is 2. The van der Waals surface area contributed by atoms with Crippen molar-refractivity contribution in [2.45, 2.75) is 30.9 Å². The number of carboxylic acids is 1. The maximum atomic E-state index is 12.6. The molecule has 0 aromatic heterocycles. The minimum atomic E-state index is -1.21. The maximum absolute atomic E-state index is 12.6. The summed E-state index contributed by atoms with van der Waals surface area (Å²) in [6, 6.07) is 12.0. The number of phenolic OH excluding ortho intramolecular Hbond substituents is 1. The molecule has 0 heterocycles. The van der Waals surface area contributed by atoms with Crippen molar-refractivity contribution in [1.29, 1.82) is 0 Å². The highest BCUT2D eigenvalue weighted by molar-refractivity contribution is 5.99. The lowest BCUT2D eigenvalue weighted by atomic mass is 9.74. The van der Waals surface area contributed by atoms with Gasteiger partial charge in [-0.3, -0.25) is 4.79 Å². The molecule has 1 aliphatic carbocycles. The number of amides is 1. The Labute approximate surface area is 156 Å². The molecule has 0 radical (unpaired) electrons. The van der Waals surface area contributed by atoms with Gasteiger partial charge >= 0.3 is 5.97 Å². The summed E-state index contributed by atoms with van der Waals surface area (Å²) in [5, 5.41) is 22.1. The van der Waals surface area contributed by atoms with E-state index < -0.39 is 23.5 Å². The smallest absolute Gasteiger partial charge is 0.329 e. The quantitative estimate of drug-likeness (QED) is 0.691.